The number of anilines is 1. The Morgan fingerprint density at radius 1 is 1.00 bits per heavy atom. The van der Waals surface area contributed by atoms with Crippen molar-refractivity contribution in [2.75, 3.05) is 19.5 Å². The number of aromatic nitrogens is 2. The van der Waals surface area contributed by atoms with Gasteiger partial charge in [0.25, 0.3) is 11.8 Å². The highest BCUT2D eigenvalue weighted by Gasteiger charge is 2.16. The van der Waals surface area contributed by atoms with Gasteiger partial charge >= 0.3 is 0 Å². The summed E-state index contributed by atoms with van der Waals surface area (Å²) in [6.45, 7) is 0.349. The highest BCUT2D eigenvalue weighted by Crippen LogP contribution is 2.19. The first kappa shape index (κ1) is 19.9. The zero-order chi connectivity index (χ0) is 20.8. The van der Waals surface area contributed by atoms with Crippen molar-refractivity contribution < 1.29 is 19.1 Å². The number of ether oxygens (including phenoxy) is 2. The Hall–Kier alpha value is -3.81. The molecule has 0 unspecified atom stereocenters. The number of hydrogen-bond donors (Lipinski definition) is 2. The third-order valence-electron chi connectivity index (χ3n) is 4.27. The van der Waals surface area contributed by atoms with E-state index in [0.29, 0.717) is 23.4 Å². The predicted molar refractivity (Wildman–Crippen MR) is 108 cm³/mol. The molecule has 0 fully saturated rings. The number of benzene rings is 2. The minimum atomic E-state index is -0.344. The number of rotatable bonds is 7. The first-order chi connectivity index (χ1) is 14.0. The van der Waals surface area contributed by atoms with E-state index in [4.69, 9.17) is 9.47 Å². The maximum Gasteiger partial charge on any atom is 0.262 e. The molecule has 0 aliphatic carbocycles. The summed E-state index contributed by atoms with van der Waals surface area (Å²) in [5, 5.41) is 9.68. The third kappa shape index (κ3) is 4.73. The summed E-state index contributed by atoms with van der Waals surface area (Å²) in [5.74, 6) is 0.403. The fraction of sp³-hybridized carbons (Fsp3) is 0.190. The fourth-order valence-electron chi connectivity index (χ4n) is 2.80. The smallest absolute Gasteiger partial charge is 0.262 e. The van der Waals surface area contributed by atoms with Gasteiger partial charge in [-0.1, -0.05) is 18.2 Å². The van der Waals surface area contributed by atoms with Crippen LogP contribution in [-0.4, -0.2) is 35.8 Å². The zero-order valence-electron chi connectivity index (χ0n) is 16.4. The Morgan fingerprint density at radius 2 is 1.72 bits per heavy atom. The van der Waals surface area contributed by atoms with Gasteiger partial charge < -0.3 is 20.1 Å². The number of para-hydroxylation sites is 1. The average Bonchev–Trinajstić information content (AvgIpc) is 3.13. The Labute approximate surface area is 168 Å². The number of amides is 2. The molecule has 0 aliphatic heterocycles. The van der Waals surface area contributed by atoms with E-state index >= 15 is 0 Å². The van der Waals surface area contributed by atoms with E-state index in [1.54, 1.807) is 44.6 Å². The van der Waals surface area contributed by atoms with E-state index in [9.17, 15) is 9.59 Å². The minimum absolute atomic E-state index is 0.220. The van der Waals surface area contributed by atoms with Crippen LogP contribution in [0, 0.1) is 0 Å². The number of carbonyl (C=O) groups is 2. The normalized spacial score (nSPS) is 10.3. The van der Waals surface area contributed by atoms with Gasteiger partial charge in [0.1, 0.15) is 11.3 Å². The van der Waals surface area contributed by atoms with Crippen molar-refractivity contribution in [1.29, 1.82) is 0 Å². The van der Waals surface area contributed by atoms with Gasteiger partial charge in [0.2, 0.25) is 5.88 Å². The summed E-state index contributed by atoms with van der Waals surface area (Å²) in [5.41, 5.74) is 2.25. The molecule has 3 rings (SSSR count). The summed E-state index contributed by atoms with van der Waals surface area (Å²) >= 11 is 0. The second kappa shape index (κ2) is 8.92. The van der Waals surface area contributed by atoms with Crippen molar-refractivity contribution in [3.8, 4) is 11.6 Å². The van der Waals surface area contributed by atoms with Crippen LogP contribution < -0.4 is 20.1 Å². The molecule has 2 aromatic carbocycles. The molecule has 2 N–H and O–H groups in total. The Morgan fingerprint density at radius 3 is 2.41 bits per heavy atom. The molecular weight excluding hydrogens is 372 g/mol. The monoisotopic (exact) mass is 394 g/mol. The van der Waals surface area contributed by atoms with Crippen molar-refractivity contribution in [1.82, 2.24) is 15.1 Å². The van der Waals surface area contributed by atoms with Gasteiger partial charge in [-0.25, -0.2) is 0 Å². The third-order valence-corrected chi connectivity index (χ3v) is 4.27. The molecule has 0 aliphatic rings. The summed E-state index contributed by atoms with van der Waals surface area (Å²) in [6, 6.07) is 14.1. The molecule has 3 aromatic rings. The van der Waals surface area contributed by atoms with Gasteiger partial charge in [0.15, 0.2) is 0 Å². The summed E-state index contributed by atoms with van der Waals surface area (Å²) < 4.78 is 11.9. The van der Waals surface area contributed by atoms with Crippen LogP contribution in [0.5, 0.6) is 11.6 Å². The fourth-order valence-corrected chi connectivity index (χ4v) is 2.80. The van der Waals surface area contributed by atoms with Crippen molar-refractivity contribution in [2.45, 2.75) is 6.54 Å². The molecule has 0 radical (unpaired) electrons. The first-order valence-corrected chi connectivity index (χ1v) is 8.91. The number of carbonyl (C=O) groups excluding carboxylic acids is 2. The van der Waals surface area contributed by atoms with Crippen molar-refractivity contribution >= 4 is 17.5 Å². The van der Waals surface area contributed by atoms with Gasteiger partial charge in [0, 0.05) is 36.6 Å². The highest BCUT2D eigenvalue weighted by atomic mass is 16.5. The first-order valence-electron chi connectivity index (χ1n) is 8.91. The highest BCUT2D eigenvalue weighted by molar-refractivity contribution is 6.06. The predicted octanol–water partition coefficient (Wildman–Crippen LogP) is 2.62. The number of nitrogens with zero attached hydrogens (tertiary/aromatic N) is 2. The molecule has 0 saturated heterocycles. The topological polar surface area (TPSA) is 94.5 Å². The number of methoxy groups -OCH3 is 2. The largest absolute Gasteiger partial charge is 0.496 e. The summed E-state index contributed by atoms with van der Waals surface area (Å²) in [7, 11) is 4.75. The van der Waals surface area contributed by atoms with Crippen LogP contribution in [-0.2, 0) is 13.6 Å². The second-order valence-corrected chi connectivity index (χ2v) is 6.25. The van der Waals surface area contributed by atoms with Crippen LogP contribution in [0.25, 0.3) is 0 Å². The van der Waals surface area contributed by atoms with Gasteiger partial charge in [-0.15, -0.1) is 5.10 Å². The maximum atomic E-state index is 12.4. The van der Waals surface area contributed by atoms with E-state index in [2.05, 4.69) is 15.7 Å². The molecule has 1 aromatic heterocycles. The minimum Gasteiger partial charge on any atom is -0.496 e. The van der Waals surface area contributed by atoms with Crippen LogP contribution >= 0.6 is 0 Å². The molecule has 8 heteroatoms. The van der Waals surface area contributed by atoms with E-state index < -0.39 is 0 Å². The number of aryl methyl sites for hydroxylation is 1. The lowest BCUT2D eigenvalue weighted by molar-refractivity contribution is 0.0950. The van der Waals surface area contributed by atoms with Gasteiger partial charge in [-0.3, -0.25) is 14.3 Å². The van der Waals surface area contributed by atoms with Crippen LogP contribution in [0.3, 0.4) is 0 Å². The van der Waals surface area contributed by atoms with Gasteiger partial charge in [-0.2, -0.15) is 0 Å². The van der Waals surface area contributed by atoms with Crippen molar-refractivity contribution in [2.24, 2.45) is 7.05 Å². The Kier molecular flexibility index (Phi) is 6.13. The van der Waals surface area contributed by atoms with Crippen LogP contribution in [0.4, 0.5) is 5.69 Å². The Bertz CT molecular complexity index is 1010. The second-order valence-electron chi connectivity index (χ2n) is 6.25. The quantitative estimate of drug-likeness (QED) is 0.642. The van der Waals surface area contributed by atoms with Crippen LogP contribution in [0.2, 0.25) is 0 Å². The molecule has 0 bridgehead atoms. The van der Waals surface area contributed by atoms with E-state index in [0.717, 1.165) is 11.3 Å². The van der Waals surface area contributed by atoms with Crippen molar-refractivity contribution in [3.63, 3.8) is 0 Å². The standard InChI is InChI=1S/C21H22N4O4/c1-25-13-17(21(24-25)29-3)20(27)23-16-10-8-14(9-11-16)19(26)22-12-15-6-4-5-7-18(15)28-2/h4-11,13H,12H2,1-3H3,(H,22,26)(H,23,27). The van der Waals surface area contributed by atoms with Crippen LogP contribution in [0.15, 0.2) is 54.7 Å². The van der Waals surface area contributed by atoms with Crippen LogP contribution in [0.1, 0.15) is 26.3 Å². The lowest BCUT2D eigenvalue weighted by Gasteiger charge is -2.10. The average molecular weight is 394 g/mol. The maximum absolute atomic E-state index is 12.4. The molecule has 1 heterocycles. The lowest BCUT2D eigenvalue weighted by atomic mass is 10.1. The molecule has 8 nitrogen and oxygen atoms in total. The SMILES string of the molecule is COc1ccccc1CNC(=O)c1ccc(NC(=O)c2cn(C)nc2OC)cc1. The summed E-state index contributed by atoms with van der Waals surface area (Å²) in [6.07, 6.45) is 1.58. The van der Waals surface area contributed by atoms with Gasteiger partial charge in [-0.05, 0) is 30.3 Å². The molecule has 29 heavy (non-hydrogen) atoms. The van der Waals surface area contributed by atoms with E-state index in [-0.39, 0.29) is 17.7 Å². The number of hydrogen-bond acceptors (Lipinski definition) is 5. The molecule has 150 valence electrons. The number of nitrogens with one attached hydrogen (secondary N) is 2. The van der Waals surface area contributed by atoms with Crippen molar-refractivity contribution in [3.05, 3.63) is 71.4 Å². The van der Waals surface area contributed by atoms with E-state index in [1.165, 1.54) is 11.8 Å². The Balaban J connectivity index is 1.62. The molecule has 0 atom stereocenters. The molecule has 2 amide bonds. The lowest BCUT2D eigenvalue weighted by Crippen LogP contribution is -2.23. The molecular formula is C21H22N4O4. The molecule has 0 spiro atoms. The molecule has 0 saturated carbocycles. The van der Waals surface area contributed by atoms with Gasteiger partial charge in [0.05, 0.1) is 14.2 Å². The zero-order valence-corrected chi connectivity index (χ0v) is 16.4. The van der Waals surface area contributed by atoms with E-state index in [1.807, 2.05) is 24.3 Å². The summed E-state index contributed by atoms with van der Waals surface area (Å²) in [4.78, 5) is 24.8.